The molecule has 7 nitrogen and oxygen atoms in total. The summed E-state index contributed by atoms with van der Waals surface area (Å²) in [5, 5.41) is 7.08. The molecule has 2 heterocycles. The Balaban J connectivity index is 1.41. The molecule has 174 valence electrons. The number of carbonyl (C=O) groups excluding carboxylic acids is 1. The molecule has 0 bridgehead atoms. The Labute approximate surface area is 194 Å². The lowest BCUT2D eigenvalue weighted by Gasteiger charge is -2.28. The van der Waals surface area contributed by atoms with Crippen LogP contribution in [0.2, 0.25) is 0 Å². The molecule has 0 spiro atoms. The van der Waals surface area contributed by atoms with Gasteiger partial charge in [-0.1, -0.05) is 23.4 Å². The summed E-state index contributed by atoms with van der Waals surface area (Å²) in [5.41, 5.74) is 3.49. The summed E-state index contributed by atoms with van der Waals surface area (Å²) >= 11 is 0. The normalized spacial score (nSPS) is 14.8. The number of nitrogens with zero attached hydrogens (tertiary/aromatic N) is 2. The Hall–Kier alpha value is -3.32. The highest BCUT2D eigenvalue weighted by atomic mass is 16.5. The van der Waals surface area contributed by atoms with Crippen LogP contribution in [0.5, 0.6) is 11.5 Å². The number of rotatable bonds is 9. The number of aromatic nitrogens is 1. The average molecular weight is 450 g/mol. The fraction of sp³-hybridized carbons (Fsp3) is 0.385. The summed E-state index contributed by atoms with van der Waals surface area (Å²) < 4.78 is 16.4. The second-order valence-electron chi connectivity index (χ2n) is 8.36. The highest BCUT2D eigenvalue weighted by Gasteiger charge is 2.24. The van der Waals surface area contributed by atoms with E-state index in [2.05, 4.69) is 27.5 Å². The summed E-state index contributed by atoms with van der Waals surface area (Å²) in [7, 11) is 1.67. The Morgan fingerprint density at radius 2 is 1.88 bits per heavy atom. The number of benzene rings is 2. The molecule has 1 aliphatic rings. The maximum Gasteiger partial charge on any atom is 0.251 e. The van der Waals surface area contributed by atoms with Crippen molar-refractivity contribution in [2.75, 3.05) is 26.7 Å². The zero-order chi connectivity index (χ0) is 23.2. The molecule has 0 saturated carbocycles. The summed E-state index contributed by atoms with van der Waals surface area (Å²) in [6, 6.07) is 15.5. The molecular weight excluding hydrogens is 418 g/mol. The predicted octanol–water partition coefficient (Wildman–Crippen LogP) is 4.45. The van der Waals surface area contributed by atoms with Crippen LogP contribution in [0.15, 0.2) is 53.1 Å². The smallest absolute Gasteiger partial charge is 0.251 e. The SMILES string of the molecule is COc1ccc(C(CNC(=O)c2cccc(OCc3c(C)noc3C)c2)N2CCCC2)cc1. The van der Waals surface area contributed by atoms with Crippen molar-refractivity contribution in [2.45, 2.75) is 39.3 Å². The number of likely N-dealkylation sites (tertiary alicyclic amines) is 1. The Kier molecular flexibility index (Phi) is 7.29. The second-order valence-corrected chi connectivity index (χ2v) is 8.36. The minimum atomic E-state index is -0.115. The lowest BCUT2D eigenvalue weighted by molar-refractivity contribution is 0.0937. The van der Waals surface area contributed by atoms with Crippen molar-refractivity contribution < 1.29 is 18.8 Å². The van der Waals surface area contributed by atoms with Crippen LogP contribution >= 0.6 is 0 Å². The molecule has 2 aromatic carbocycles. The molecule has 7 heteroatoms. The topological polar surface area (TPSA) is 76.8 Å². The summed E-state index contributed by atoms with van der Waals surface area (Å²) in [6.07, 6.45) is 2.37. The minimum absolute atomic E-state index is 0.115. The molecule has 0 radical (unpaired) electrons. The third kappa shape index (κ3) is 5.54. The van der Waals surface area contributed by atoms with E-state index < -0.39 is 0 Å². The van der Waals surface area contributed by atoms with Gasteiger partial charge in [0.1, 0.15) is 23.9 Å². The Bertz CT molecular complexity index is 1050. The van der Waals surface area contributed by atoms with Crippen molar-refractivity contribution in [1.29, 1.82) is 0 Å². The average Bonchev–Trinajstić information content (AvgIpc) is 3.48. The standard InChI is InChI=1S/C26H31N3O4/c1-18-24(19(2)33-28-18)17-32-23-8-6-7-21(15-23)26(30)27-16-25(29-13-4-5-14-29)20-9-11-22(31-3)12-10-20/h6-12,15,25H,4-5,13-14,16-17H2,1-3H3,(H,27,30). The zero-order valence-electron chi connectivity index (χ0n) is 19.5. The van der Waals surface area contributed by atoms with Gasteiger partial charge in [0.15, 0.2) is 0 Å². The zero-order valence-corrected chi connectivity index (χ0v) is 19.5. The highest BCUT2D eigenvalue weighted by Crippen LogP contribution is 2.26. The number of amides is 1. The lowest BCUT2D eigenvalue weighted by Crippen LogP contribution is -2.36. The maximum absolute atomic E-state index is 13.0. The van der Waals surface area contributed by atoms with Crippen LogP contribution in [0.25, 0.3) is 0 Å². The molecule has 3 aromatic rings. The van der Waals surface area contributed by atoms with Gasteiger partial charge in [-0.15, -0.1) is 0 Å². The lowest BCUT2D eigenvalue weighted by atomic mass is 10.0. The molecule has 0 aliphatic carbocycles. The summed E-state index contributed by atoms with van der Waals surface area (Å²) in [6.45, 7) is 6.71. The second kappa shape index (κ2) is 10.5. The molecule has 33 heavy (non-hydrogen) atoms. The van der Waals surface area contributed by atoms with E-state index in [-0.39, 0.29) is 11.9 Å². The van der Waals surface area contributed by atoms with E-state index in [9.17, 15) is 4.79 Å². The Morgan fingerprint density at radius 3 is 2.55 bits per heavy atom. The van der Waals surface area contributed by atoms with E-state index in [4.69, 9.17) is 14.0 Å². The monoisotopic (exact) mass is 449 g/mol. The molecular formula is C26H31N3O4. The fourth-order valence-corrected chi connectivity index (χ4v) is 4.22. The molecule has 1 saturated heterocycles. The first-order chi connectivity index (χ1) is 16.0. The largest absolute Gasteiger partial charge is 0.497 e. The van der Waals surface area contributed by atoms with Crippen LogP contribution in [-0.4, -0.2) is 42.7 Å². The molecule has 1 unspecified atom stereocenters. The molecule has 1 amide bonds. The first-order valence-electron chi connectivity index (χ1n) is 11.4. The van der Waals surface area contributed by atoms with Gasteiger partial charge < -0.3 is 19.3 Å². The number of ether oxygens (including phenoxy) is 2. The quantitative estimate of drug-likeness (QED) is 0.520. The van der Waals surface area contributed by atoms with Gasteiger partial charge in [-0.25, -0.2) is 0 Å². The van der Waals surface area contributed by atoms with Crippen LogP contribution in [0, 0.1) is 13.8 Å². The summed E-state index contributed by atoms with van der Waals surface area (Å²) in [4.78, 5) is 15.4. The van der Waals surface area contributed by atoms with Gasteiger partial charge in [0.25, 0.3) is 5.91 Å². The molecule has 1 atom stereocenters. The number of carbonyl (C=O) groups is 1. The van der Waals surface area contributed by atoms with Crippen LogP contribution in [-0.2, 0) is 6.61 Å². The van der Waals surface area contributed by atoms with E-state index >= 15 is 0 Å². The van der Waals surface area contributed by atoms with E-state index in [1.165, 1.54) is 18.4 Å². The van der Waals surface area contributed by atoms with E-state index in [1.54, 1.807) is 19.2 Å². The third-order valence-electron chi connectivity index (χ3n) is 6.20. The number of methoxy groups -OCH3 is 1. The van der Waals surface area contributed by atoms with Crippen LogP contribution in [0.3, 0.4) is 0 Å². The summed E-state index contributed by atoms with van der Waals surface area (Å²) in [5.74, 6) is 2.09. The van der Waals surface area contributed by atoms with Gasteiger partial charge in [-0.05, 0) is 75.7 Å². The first kappa shape index (κ1) is 22.9. The minimum Gasteiger partial charge on any atom is -0.497 e. The highest BCUT2D eigenvalue weighted by molar-refractivity contribution is 5.94. The van der Waals surface area contributed by atoms with Gasteiger partial charge in [0, 0.05) is 12.1 Å². The van der Waals surface area contributed by atoms with E-state index in [0.29, 0.717) is 24.5 Å². The molecule has 1 aliphatic heterocycles. The molecule has 1 fully saturated rings. The number of hydrogen-bond donors (Lipinski definition) is 1. The molecule has 4 rings (SSSR count). The van der Waals surface area contributed by atoms with Gasteiger partial charge in [0.2, 0.25) is 0 Å². The van der Waals surface area contributed by atoms with Gasteiger partial charge in [-0.2, -0.15) is 0 Å². The number of nitrogens with one attached hydrogen (secondary N) is 1. The third-order valence-corrected chi connectivity index (χ3v) is 6.20. The van der Waals surface area contributed by atoms with Crippen molar-refractivity contribution in [1.82, 2.24) is 15.4 Å². The van der Waals surface area contributed by atoms with E-state index in [0.717, 1.165) is 35.9 Å². The number of hydrogen-bond acceptors (Lipinski definition) is 6. The van der Waals surface area contributed by atoms with Gasteiger partial charge in [-0.3, -0.25) is 9.69 Å². The van der Waals surface area contributed by atoms with Gasteiger partial charge >= 0.3 is 0 Å². The van der Waals surface area contributed by atoms with Crippen molar-refractivity contribution in [3.8, 4) is 11.5 Å². The van der Waals surface area contributed by atoms with Crippen molar-refractivity contribution in [3.05, 3.63) is 76.7 Å². The number of aryl methyl sites for hydroxylation is 2. The van der Waals surface area contributed by atoms with Crippen LogP contribution < -0.4 is 14.8 Å². The van der Waals surface area contributed by atoms with Gasteiger partial charge in [0.05, 0.1) is 24.4 Å². The van der Waals surface area contributed by atoms with Crippen molar-refractivity contribution >= 4 is 5.91 Å². The first-order valence-corrected chi connectivity index (χ1v) is 11.4. The van der Waals surface area contributed by atoms with E-state index in [1.807, 2.05) is 38.1 Å². The van der Waals surface area contributed by atoms with Crippen molar-refractivity contribution in [3.63, 3.8) is 0 Å². The molecule has 1 aromatic heterocycles. The Morgan fingerprint density at radius 1 is 1.12 bits per heavy atom. The maximum atomic E-state index is 13.0. The fourth-order valence-electron chi connectivity index (χ4n) is 4.22. The predicted molar refractivity (Wildman–Crippen MR) is 126 cm³/mol. The molecule has 1 N–H and O–H groups in total. The van der Waals surface area contributed by atoms with Crippen LogP contribution in [0.1, 0.15) is 51.8 Å². The van der Waals surface area contributed by atoms with Crippen molar-refractivity contribution in [2.24, 2.45) is 0 Å². The van der Waals surface area contributed by atoms with Crippen LogP contribution in [0.4, 0.5) is 0 Å².